The molecular formula is C17H25NO2. The van der Waals surface area contributed by atoms with Gasteiger partial charge in [0.2, 0.25) is 0 Å². The summed E-state index contributed by atoms with van der Waals surface area (Å²) in [6, 6.07) is 8.50. The third-order valence-electron chi connectivity index (χ3n) is 4.65. The first kappa shape index (κ1) is 15.0. The van der Waals surface area contributed by atoms with E-state index in [0.29, 0.717) is 6.04 Å². The number of carboxylic acid groups (broad SMARTS) is 1. The van der Waals surface area contributed by atoms with Gasteiger partial charge in [0.15, 0.2) is 0 Å². The zero-order valence-corrected chi connectivity index (χ0v) is 12.4. The summed E-state index contributed by atoms with van der Waals surface area (Å²) in [6.07, 6.45) is 4.04. The van der Waals surface area contributed by atoms with Gasteiger partial charge in [-0.25, -0.2) is 0 Å². The van der Waals surface area contributed by atoms with Crippen molar-refractivity contribution < 1.29 is 9.90 Å². The second-order valence-electron chi connectivity index (χ2n) is 6.14. The summed E-state index contributed by atoms with van der Waals surface area (Å²) in [4.78, 5) is 10.6. The van der Waals surface area contributed by atoms with Crippen molar-refractivity contribution in [1.29, 1.82) is 0 Å². The number of hydrogen-bond acceptors (Lipinski definition) is 2. The van der Waals surface area contributed by atoms with Crippen molar-refractivity contribution in [3.63, 3.8) is 0 Å². The number of benzene rings is 1. The number of aliphatic carboxylic acids is 1. The number of carboxylic acids is 1. The van der Waals surface area contributed by atoms with Gasteiger partial charge in [0.05, 0.1) is 6.42 Å². The van der Waals surface area contributed by atoms with Crippen LogP contribution in [-0.2, 0) is 17.8 Å². The fraction of sp³-hybridized carbons (Fsp3) is 0.588. The van der Waals surface area contributed by atoms with E-state index in [-0.39, 0.29) is 6.42 Å². The average molecular weight is 275 g/mol. The Morgan fingerprint density at radius 1 is 1.20 bits per heavy atom. The van der Waals surface area contributed by atoms with Crippen LogP contribution in [0.3, 0.4) is 0 Å². The third kappa shape index (κ3) is 4.07. The van der Waals surface area contributed by atoms with E-state index in [9.17, 15) is 4.79 Å². The van der Waals surface area contributed by atoms with Crippen molar-refractivity contribution in [3.8, 4) is 0 Å². The van der Waals surface area contributed by atoms with Crippen molar-refractivity contribution in [1.82, 2.24) is 5.32 Å². The molecule has 0 amide bonds. The van der Waals surface area contributed by atoms with E-state index in [1.807, 2.05) is 24.3 Å². The molecule has 110 valence electrons. The predicted octanol–water partition coefficient (Wildman–Crippen LogP) is 3.23. The summed E-state index contributed by atoms with van der Waals surface area (Å²) in [5, 5.41) is 12.4. The fourth-order valence-corrected chi connectivity index (χ4v) is 3.07. The van der Waals surface area contributed by atoms with E-state index in [1.165, 1.54) is 24.8 Å². The van der Waals surface area contributed by atoms with Gasteiger partial charge < -0.3 is 10.4 Å². The lowest BCUT2D eigenvalue weighted by Crippen LogP contribution is -2.40. The van der Waals surface area contributed by atoms with E-state index < -0.39 is 5.97 Å². The minimum atomic E-state index is -0.777. The lowest BCUT2D eigenvalue weighted by Gasteiger charge is -2.34. The van der Waals surface area contributed by atoms with Gasteiger partial charge in [-0.05, 0) is 29.4 Å². The van der Waals surface area contributed by atoms with Gasteiger partial charge in [-0.1, -0.05) is 51.0 Å². The minimum Gasteiger partial charge on any atom is -0.481 e. The van der Waals surface area contributed by atoms with Crippen molar-refractivity contribution >= 4 is 5.97 Å². The first-order valence-electron chi connectivity index (χ1n) is 7.59. The van der Waals surface area contributed by atoms with Gasteiger partial charge in [-0.2, -0.15) is 0 Å². The first-order valence-corrected chi connectivity index (χ1v) is 7.59. The molecule has 1 aliphatic rings. The van der Waals surface area contributed by atoms with E-state index in [2.05, 4.69) is 19.2 Å². The Morgan fingerprint density at radius 2 is 1.85 bits per heavy atom. The molecule has 2 N–H and O–H groups in total. The molecule has 3 heteroatoms. The molecule has 0 spiro atoms. The molecule has 1 fully saturated rings. The Balaban J connectivity index is 1.86. The molecule has 20 heavy (non-hydrogen) atoms. The van der Waals surface area contributed by atoms with Crippen molar-refractivity contribution in [2.45, 2.75) is 52.1 Å². The highest BCUT2D eigenvalue weighted by Gasteiger charge is 2.26. The fourth-order valence-electron chi connectivity index (χ4n) is 3.07. The van der Waals surface area contributed by atoms with Crippen molar-refractivity contribution in [2.75, 3.05) is 0 Å². The lowest BCUT2D eigenvalue weighted by atomic mass is 9.78. The highest BCUT2D eigenvalue weighted by molar-refractivity contribution is 5.70. The van der Waals surface area contributed by atoms with Crippen LogP contribution in [0.25, 0.3) is 0 Å². The van der Waals surface area contributed by atoms with Crippen LogP contribution < -0.4 is 5.32 Å². The average Bonchev–Trinajstić information content (AvgIpc) is 2.41. The van der Waals surface area contributed by atoms with Crippen LogP contribution in [0.15, 0.2) is 24.3 Å². The standard InChI is InChI=1S/C17H25NO2/c1-12-4-3-5-16(13(12)2)18-11-15-8-6-14(7-9-15)10-17(19)20/h6-9,12-13,16,18H,3-5,10-11H2,1-2H3,(H,19,20). The van der Waals surface area contributed by atoms with Gasteiger partial charge in [0, 0.05) is 12.6 Å². The van der Waals surface area contributed by atoms with Gasteiger partial charge in [0.1, 0.15) is 0 Å². The Bertz CT molecular complexity index is 441. The molecule has 1 aromatic carbocycles. The van der Waals surface area contributed by atoms with Crippen LogP contribution in [0.2, 0.25) is 0 Å². The second-order valence-corrected chi connectivity index (χ2v) is 6.14. The molecule has 0 aromatic heterocycles. The van der Waals surface area contributed by atoms with Crippen LogP contribution in [0.5, 0.6) is 0 Å². The van der Waals surface area contributed by atoms with Crippen LogP contribution >= 0.6 is 0 Å². The number of rotatable bonds is 5. The van der Waals surface area contributed by atoms with Gasteiger partial charge in [0.25, 0.3) is 0 Å². The molecule has 0 saturated heterocycles. The number of carbonyl (C=O) groups is 1. The van der Waals surface area contributed by atoms with Gasteiger partial charge >= 0.3 is 5.97 Å². The summed E-state index contributed by atoms with van der Waals surface area (Å²) in [5.41, 5.74) is 2.09. The molecule has 0 heterocycles. The highest BCUT2D eigenvalue weighted by Crippen LogP contribution is 2.29. The molecule has 1 aromatic rings. The van der Waals surface area contributed by atoms with Crippen LogP contribution in [0, 0.1) is 11.8 Å². The van der Waals surface area contributed by atoms with Crippen molar-refractivity contribution in [3.05, 3.63) is 35.4 Å². The second kappa shape index (κ2) is 6.89. The maximum Gasteiger partial charge on any atom is 0.307 e. The molecule has 3 atom stereocenters. The van der Waals surface area contributed by atoms with Crippen LogP contribution in [-0.4, -0.2) is 17.1 Å². The normalized spacial score (nSPS) is 26.4. The Kier molecular flexibility index (Phi) is 5.18. The zero-order valence-electron chi connectivity index (χ0n) is 12.4. The summed E-state index contributed by atoms with van der Waals surface area (Å²) >= 11 is 0. The molecule has 0 bridgehead atoms. The summed E-state index contributed by atoms with van der Waals surface area (Å²) in [6.45, 7) is 5.56. The van der Waals surface area contributed by atoms with E-state index in [4.69, 9.17) is 5.11 Å². The van der Waals surface area contributed by atoms with Gasteiger partial charge in [-0.15, -0.1) is 0 Å². The maximum atomic E-state index is 10.6. The predicted molar refractivity (Wildman–Crippen MR) is 80.6 cm³/mol. The Labute approximate surface area is 121 Å². The molecule has 3 unspecified atom stereocenters. The van der Waals surface area contributed by atoms with Gasteiger partial charge in [-0.3, -0.25) is 4.79 Å². The molecule has 0 aliphatic heterocycles. The summed E-state index contributed by atoms with van der Waals surface area (Å²) in [7, 11) is 0. The highest BCUT2D eigenvalue weighted by atomic mass is 16.4. The maximum absolute atomic E-state index is 10.6. The van der Waals surface area contributed by atoms with Crippen molar-refractivity contribution in [2.24, 2.45) is 11.8 Å². The largest absolute Gasteiger partial charge is 0.481 e. The third-order valence-corrected chi connectivity index (χ3v) is 4.65. The SMILES string of the molecule is CC1CCCC(NCc2ccc(CC(=O)O)cc2)C1C. The number of nitrogens with one attached hydrogen (secondary N) is 1. The molecular weight excluding hydrogens is 250 g/mol. The summed E-state index contributed by atoms with van der Waals surface area (Å²) in [5.74, 6) is 0.759. The molecule has 1 saturated carbocycles. The quantitative estimate of drug-likeness (QED) is 0.867. The molecule has 2 rings (SSSR count). The summed E-state index contributed by atoms with van der Waals surface area (Å²) < 4.78 is 0. The smallest absolute Gasteiger partial charge is 0.307 e. The Morgan fingerprint density at radius 3 is 2.50 bits per heavy atom. The van der Waals surface area contributed by atoms with E-state index >= 15 is 0 Å². The molecule has 1 aliphatic carbocycles. The zero-order chi connectivity index (χ0) is 14.5. The topological polar surface area (TPSA) is 49.3 Å². The molecule has 0 radical (unpaired) electrons. The first-order chi connectivity index (χ1) is 9.56. The lowest BCUT2D eigenvalue weighted by molar-refractivity contribution is -0.136. The number of hydrogen-bond donors (Lipinski definition) is 2. The minimum absolute atomic E-state index is 0.102. The van der Waals surface area contributed by atoms with Crippen LogP contribution in [0.4, 0.5) is 0 Å². The Hall–Kier alpha value is -1.35. The van der Waals surface area contributed by atoms with E-state index in [0.717, 1.165) is 23.9 Å². The monoisotopic (exact) mass is 275 g/mol. The van der Waals surface area contributed by atoms with E-state index in [1.54, 1.807) is 0 Å². The molecule has 3 nitrogen and oxygen atoms in total. The van der Waals surface area contributed by atoms with Crippen LogP contribution in [0.1, 0.15) is 44.2 Å².